The molecule has 114 valence electrons. The van der Waals surface area contributed by atoms with Gasteiger partial charge in [0, 0.05) is 11.6 Å². The summed E-state index contributed by atoms with van der Waals surface area (Å²) in [4.78, 5) is 25.1. The zero-order valence-corrected chi connectivity index (χ0v) is 12.7. The molecule has 5 nitrogen and oxygen atoms in total. The lowest BCUT2D eigenvalue weighted by Crippen LogP contribution is -2.30. The average molecular weight is 323 g/mol. The van der Waals surface area contributed by atoms with Gasteiger partial charge >= 0.3 is 0 Å². The molecule has 0 aromatic heterocycles. The van der Waals surface area contributed by atoms with Crippen molar-refractivity contribution in [3.05, 3.63) is 34.1 Å². The normalized spacial score (nSPS) is 14.3. The van der Waals surface area contributed by atoms with E-state index in [-0.39, 0.29) is 29.5 Å². The van der Waals surface area contributed by atoms with E-state index < -0.39 is 17.6 Å². The van der Waals surface area contributed by atoms with E-state index in [2.05, 4.69) is 0 Å². The first-order chi connectivity index (χ1) is 10.4. The second kappa shape index (κ2) is 6.16. The molecule has 22 heavy (non-hydrogen) atoms. The van der Waals surface area contributed by atoms with Crippen LogP contribution in [0.2, 0.25) is 5.02 Å². The maximum Gasteiger partial charge on any atom is 0.261 e. The van der Waals surface area contributed by atoms with E-state index >= 15 is 0 Å². The van der Waals surface area contributed by atoms with Crippen molar-refractivity contribution in [2.45, 2.75) is 20.3 Å². The Labute approximate surface area is 131 Å². The summed E-state index contributed by atoms with van der Waals surface area (Å²) in [7, 11) is 0. The van der Waals surface area contributed by atoms with Gasteiger partial charge in [-0.05, 0) is 19.9 Å². The summed E-state index contributed by atoms with van der Waals surface area (Å²) in [6.07, 6.45) is -0.0718. The predicted molar refractivity (Wildman–Crippen MR) is 78.0 cm³/mol. The van der Waals surface area contributed by atoms with Crippen LogP contribution in [-0.4, -0.2) is 18.4 Å². The second-order valence-electron chi connectivity index (χ2n) is 4.87. The highest BCUT2D eigenvalue weighted by Gasteiger charge is 2.37. The standard InChI is InChI=1S/C15H12ClFN2O3/c1-8(2)9-5-14(20)19(15(9)21)12-7-13(22-4-3-18)10(16)6-11(12)17/h6-7H,4-5H2,1-2H3. The highest BCUT2D eigenvalue weighted by molar-refractivity contribution is 6.32. The molecule has 1 aromatic rings. The van der Waals surface area contributed by atoms with Gasteiger partial charge in [0.05, 0.1) is 17.1 Å². The Bertz CT molecular complexity index is 733. The Hall–Kier alpha value is -2.39. The van der Waals surface area contributed by atoms with Crippen molar-refractivity contribution in [1.82, 2.24) is 0 Å². The number of allylic oxidation sites excluding steroid dienone is 1. The van der Waals surface area contributed by atoms with Gasteiger partial charge in [-0.3, -0.25) is 9.59 Å². The molecular weight excluding hydrogens is 311 g/mol. The number of anilines is 1. The van der Waals surface area contributed by atoms with Gasteiger partial charge in [-0.1, -0.05) is 17.2 Å². The van der Waals surface area contributed by atoms with Crippen molar-refractivity contribution in [1.29, 1.82) is 5.26 Å². The average Bonchev–Trinajstić information content (AvgIpc) is 2.74. The van der Waals surface area contributed by atoms with Crippen LogP contribution in [-0.2, 0) is 9.59 Å². The minimum absolute atomic E-state index is 0.0332. The topological polar surface area (TPSA) is 70.4 Å². The lowest BCUT2D eigenvalue weighted by Gasteiger charge is -2.16. The molecule has 0 N–H and O–H groups in total. The Morgan fingerprint density at radius 3 is 2.68 bits per heavy atom. The summed E-state index contributed by atoms with van der Waals surface area (Å²) in [6, 6.07) is 3.86. The molecular formula is C15H12ClFN2O3. The van der Waals surface area contributed by atoms with Crippen molar-refractivity contribution < 1.29 is 18.7 Å². The van der Waals surface area contributed by atoms with Crippen molar-refractivity contribution in [3.63, 3.8) is 0 Å². The third-order valence-electron chi connectivity index (χ3n) is 3.18. The number of hydrogen-bond acceptors (Lipinski definition) is 4. The van der Waals surface area contributed by atoms with Crippen LogP contribution in [0.4, 0.5) is 10.1 Å². The number of rotatable bonds is 3. The lowest BCUT2D eigenvalue weighted by molar-refractivity contribution is -0.120. The Balaban J connectivity index is 2.49. The molecule has 0 atom stereocenters. The van der Waals surface area contributed by atoms with E-state index in [4.69, 9.17) is 21.6 Å². The monoisotopic (exact) mass is 322 g/mol. The summed E-state index contributed by atoms with van der Waals surface area (Å²) in [5, 5.41) is 8.47. The van der Waals surface area contributed by atoms with Gasteiger partial charge in [-0.15, -0.1) is 0 Å². The molecule has 1 aliphatic heterocycles. The van der Waals surface area contributed by atoms with Gasteiger partial charge in [0.2, 0.25) is 5.91 Å². The van der Waals surface area contributed by atoms with Crippen LogP contribution in [0, 0.1) is 17.1 Å². The molecule has 1 aliphatic rings. The lowest BCUT2D eigenvalue weighted by atomic mass is 10.1. The van der Waals surface area contributed by atoms with E-state index in [0.717, 1.165) is 17.0 Å². The summed E-state index contributed by atoms with van der Waals surface area (Å²) in [5.41, 5.74) is 0.818. The summed E-state index contributed by atoms with van der Waals surface area (Å²) in [6.45, 7) is 3.14. The molecule has 1 saturated heterocycles. The smallest absolute Gasteiger partial charge is 0.261 e. The first-order valence-corrected chi connectivity index (χ1v) is 6.77. The number of carbonyl (C=O) groups is 2. The first-order valence-electron chi connectivity index (χ1n) is 6.39. The van der Waals surface area contributed by atoms with Gasteiger partial charge in [-0.2, -0.15) is 5.26 Å². The van der Waals surface area contributed by atoms with Crippen LogP contribution in [0.5, 0.6) is 5.75 Å². The van der Waals surface area contributed by atoms with Crippen molar-refractivity contribution >= 4 is 29.1 Å². The SMILES string of the molecule is CC(C)=C1CC(=O)N(c2cc(OCC#N)c(Cl)cc2F)C1=O. The van der Waals surface area contributed by atoms with Crippen molar-refractivity contribution in [2.24, 2.45) is 0 Å². The van der Waals surface area contributed by atoms with Crippen molar-refractivity contribution in [3.8, 4) is 11.8 Å². The molecule has 7 heteroatoms. The minimum Gasteiger partial charge on any atom is -0.477 e. The number of amides is 2. The third kappa shape index (κ3) is 2.81. The van der Waals surface area contributed by atoms with Crippen molar-refractivity contribution in [2.75, 3.05) is 11.5 Å². The van der Waals surface area contributed by atoms with Gasteiger partial charge in [0.15, 0.2) is 6.61 Å². The zero-order chi connectivity index (χ0) is 16.4. The van der Waals surface area contributed by atoms with Gasteiger partial charge < -0.3 is 4.74 Å². The van der Waals surface area contributed by atoms with Gasteiger partial charge in [0.25, 0.3) is 5.91 Å². The maximum atomic E-state index is 14.1. The molecule has 1 heterocycles. The Morgan fingerprint density at radius 2 is 2.14 bits per heavy atom. The molecule has 0 spiro atoms. The van der Waals surface area contributed by atoms with Crippen LogP contribution in [0.15, 0.2) is 23.3 Å². The van der Waals surface area contributed by atoms with E-state index in [1.165, 1.54) is 0 Å². The molecule has 0 unspecified atom stereocenters. The quantitative estimate of drug-likeness (QED) is 0.633. The Kier molecular flexibility index (Phi) is 4.48. The second-order valence-corrected chi connectivity index (χ2v) is 5.28. The summed E-state index contributed by atoms with van der Waals surface area (Å²) >= 11 is 5.82. The highest BCUT2D eigenvalue weighted by atomic mass is 35.5. The first kappa shape index (κ1) is 16.0. The fourth-order valence-corrected chi connectivity index (χ4v) is 2.30. The molecule has 0 bridgehead atoms. The number of ether oxygens (including phenoxy) is 1. The zero-order valence-electron chi connectivity index (χ0n) is 11.9. The number of imide groups is 1. The summed E-state index contributed by atoms with van der Waals surface area (Å²) < 4.78 is 19.2. The molecule has 0 radical (unpaired) electrons. The Morgan fingerprint density at radius 1 is 1.45 bits per heavy atom. The molecule has 1 fully saturated rings. The number of carbonyl (C=O) groups excluding carboxylic acids is 2. The van der Waals surface area contributed by atoms with Crippen LogP contribution in [0.25, 0.3) is 0 Å². The van der Waals surface area contributed by atoms with Gasteiger partial charge in [0.1, 0.15) is 17.6 Å². The van der Waals surface area contributed by atoms with E-state index in [0.29, 0.717) is 11.1 Å². The van der Waals surface area contributed by atoms with Crippen LogP contribution in [0.1, 0.15) is 20.3 Å². The van der Waals surface area contributed by atoms with E-state index in [1.54, 1.807) is 19.9 Å². The molecule has 0 saturated carbocycles. The summed E-state index contributed by atoms with van der Waals surface area (Å²) in [5.74, 6) is -1.86. The molecule has 2 rings (SSSR count). The number of benzene rings is 1. The molecule has 1 aromatic carbocycles. The maximum absolute atomic E-state index is 14.1. The van der Waals surface area contributed by atoms with Gasteiger partial charge in [-0.25, -0.2) is 9.29 Å². The molecule has 2 amide bonds. The molecule has 0 aliphatic carbocycles. The van der Waals surface area contributed by atoms with Crippen LogP contribution in [0.3, 0.4) is 0 Å². The van der Waals surface area contributed by atoms with Crippen LogP contribution >= 0.6 is 11.6 Å². The fourth-order valence-electron chi connectivity index (χ4n) is 2.10. The van der Waals surface area contributed by atoms with E-state index in [1.807, 2.05) is 0 Å². The predicted octanol–water partition coefficient (Wildman–Crippen LogP) is 2.98. The number of nitrogens with zero attached hydrogens (tertiary/aromatic N) is 2. The number of nitriles is 1. The number of halogens is 2. The minimum atomic E-state index is -0.814. The number of hydrogen-bond donors (Lipinski definition) is 0. The van der Waals surface area contributed by atoms with Crippen LogP contribution < -0.4 is 9.64 Å². The third-order valence-corrected chi connectivity index (χ3v) is 3.47. The largest absolute Gasteiger partial charge is 0.477 e. The fraction of sp³-hybridized carbons (Fsp3) is 0.267. The highest BCUT2D eigenvalue weighted by Crippen LogP contribution is 2.36. The van der Waals surface area contributed by atoms with E-state index in [9.17, 15) is 14.0 Å².